The van der Waals surface area contributed by atoms with Gasteiger partial charge in [0.25, 0.3) is 0 Å². The van der Waals surface area contributed by atoms with Crippen molar-refractivity contribution in [1.29, 1.82) is 0 Å². The predicted octanol–water partition coefficient (Wildman–Crippen LogP) is 5.68. The summed E-state index contributed by atoms with van der Waals surface area (Å²) in [4.78, 5) is 5.05. The van der Waals surface area contributed by atoms with E-state index < -0.39 is 11.6 Å². The van der Waals surface area contributed by atoms with Gasteiger partial charge in [0.15, 0.2) is 0 Å². The first-order valence-corrected chi connectivity index (χ1v) is 10.7. The number of aliphatic hydroxyl groups is 1. The Morgan fingerprint density at radius 2 is 1.35 bits per heavy atom. The number of nitrogens with one attached hydrogen (secondary N) is 1. The number of pyridine rings is 1. The summed E-state index contributed by atoms with van der Waals surface area (Å²) in [6, 6.07) is 31.5. The van der Waals surface area contributed by atoms with E-state index in [0.29, 0.717) is 15.7 Å². The molecule has 0 spiro atoms. The molecule has 4 aromatic rings. The molecule has 0 aliphatic carbocycles. The van der Waals surface area contributed by atoms with E-state index in [-0.39, 0.29) is 0 Å². The maximum atomic E-state index is 12.3. The normalized spacial score (nSPS) is 12.2. The Hall–Kier alpha value is -3.05. The van der Waals surface area contributed by atoms with Crippen LogP contribution in [0.25, 0.3) is 0 Å². The van der Waals surface area contributed by atoms with Crippen molar-refractivity contribution in [3.63, 3.8) is 0 Å². The molecule has 31 heavy (non-hydrogen) atoms. The summed E-state index contributed by atoms with van der Waals surface area (Å²) >= 11 is 11.8. The molecule has 1 aromatic heterocycles. The van der Waals surface area contributed by atoms with Gasteiger partial charge < -0.3 is 10.4 Å². The van der Waals surface area contributed by atoms with Crippen LogP contribution in [0.2, 0.25) is 5.02 Å². The number of hydrogen-bond donors (Lipinski definition) is 2. The maximum Gasteiger partial charge on any atom is 0.140 e. The Labute approximate surface area is 192 Å². The number of rotatable bonds is 6. The minimum atomic E-state index is -1.42. The molecule has 3 aromatic carbocycles. The van der Waals surface area contributed by atoms with Crippen molar-refractivity contribution in [2.75, 3.05) is 0 Å². The molecule has 0 saturated heterocycles. The monoisotopic (exact) mass is 444 g/mol. The molecule has 0 aliphatic heterocycles. The molecule has 4 rings (SSSR count). The molecule has 0 bridgehead atoms. The molecule has 2 N–H and O–H groups in total. The second-order valence-corrected chi connectivity index (χ2v) is 8.01. The standard InChI is InChI=1S/C26H21ClN2OS/c27-22-16-14-19(15-17-22)25(31)29-24(23-13-7-8-18-28-23)26(30,20-9-3-1-4-10-20)21-11-5-2-6-12-21/h1-18,24,30H,(H,29,31). The van der Waals surface area contributed by atoms with E-state index in [1.54, 1.807) is 18.3 Å². The summed E-state index contributed by atoms with van der Waals surface area (Å²) in [5, 5.41) is 16.3. The summed E-state index contributed by atoms with van der Waals surface area (Å²) in [6.45, 7) is 0. The third kappa shape index (κ3) is 4.52. The fraction of sp³-hybridized carbons (Fsp3) is 0.0769. The highest BCUT2D eigenvalue weighted by atomic mass is 35.5. The van der Waals surface area contributed by atoms with E-state index in [1.165, 1.54) is 0 Å². The number of hydrogen-bond acceptors (Lipinski definition) is 3. The van der Waals surface area contributed by atoms with Crippen LogP contribution in [-0.2, 0) is 5.60 Å². The minimum absolute atomic E-state index is 0.498. The lowest BCUT2D eigenvalue weighted by Crippen LogP contribution is -2.45. The second kappa shape index (κ2) is 9.40. The van der Waals surface area contributed by atoms with Crippen molar-refractivity contribution in [3.8, 4) is 0 Å². The van der Waals surface area contributed by atoms with Crippen molar-refractivity contribution in [3.05, 3.63) is 137 Å². The third-order valence-electron chi connectivity index (χ3n) is 5.21. The molecule has 0 amide bonds. The highest BCUT2D eigenvalue weighted by molar-refractivity contribution is 7.80. The van der Waals surface area contributed by atoms with Gasteiger partial charge in [-0.2, -0.15) is 0 Å². The van der Waals surface area contributed by atoms with Crippen LogP contribution in [0, 0.1) is 0 Å². The number of thiocarbonyl (C=S) groups is 1. The minimum Gasteiger partial charge on any atom is -0.378 e. The van der Waals surface area contributed by atoms with Gasteiger partial charge in [-0.05, 0) is 35.4 Å². The van der Waals surface area contributed by atoms with E-state index in [2.05, 4.69) is 10.3 Å². The summed E-state index contributed by atoms with van der Waals surface area (Å²) < 4.78 is 0. The lowest BCUT2D eigenvalue weighted by atomic mass is 9.78. The first-order chi connectivity index (χ1) is 15.1. The van der Waals surface area contributed by atoms with Crippen LogP contribution in [-0.4, -0.2) is 15.1 Å². The van der Waals surface area contributed by atoms with Crippen LogP contribution in [0.5, 0.6) is 0 Å². The second-order valence-electron chi connectivity index (χ2n) is 7.17. The summed E-state index contributed by atoms with van der Waals surface area (Å²) in [5.41, 5.74) is 1.54. The van der Waals surface area contributed by atoms with E-state index in [0.717, 1.165) is 16.7 Å². The molecule has 0 aliphatic rings. The van der Waals surface area contributed by atoms with Gasteiger partial charge in [0, 0.05) is 16.8 Å². The van der Waals surface area contributed by atoms with Crippen molar-refractivity contribution in [2.45, 2.75) is 11.6 Å². The zero-order valence-corrected chi connectivity index (χ0v) is 18.2. The Morgan fingerprint density at radius 3 is 1.87 bits per heavy atom. The average Bonchev–Trinajstić information content (AvgIpc) is 2.84. The van der Waals surface area contributed by atoms with Gasteiger partial charge in [-0.1, -0.05) is 103 Å². The van der Waals surface area contributed by atoms with Gasteiger partial charge in [-0.25, -0.2) is 0 Å². The largest absolute Gasteiger partial charge is 0.378 e. The molecule has 154 valence electrons. The highest BCUT2D eigenvalue weighted by Crippen LogP contribution is 2.40. The van der Waals surface area contributed by atoms with Crippen LogP contribution in [0.4, 0.5) is 0 Å². The number of nitrogens with zero attached hydrogens (tertiary/aromatic N) is 1. The van der Waals surface area contributed by atoms with Crippen molar-refractivity contribution >= 4 is 28.8 Å². The van der Waals surface area contributed by atoms with Crippen molar-refractivity contribution in [2.24, 2.45) is 0 Å². The number of aromatic nitrogens is 1. The van der Waals surface area contributed by atoms with Crippen LogP contribution in [0.1, 0.15) is 28.4 Å². The van der Waals surface area contributed by atoms with Gasteiger partial charge in [0.1, 0.15) is 16.6 Å². The quantitative estimate of drug-likeness (QED) is 0.376. The summed E-state index contributed by atoms with van der Waals surface area (Å²) in [6.07, 6.45) is 1.71. The molecule has 0 radical (unpaired) electrons. The smallest absolute Gasteiger partial charge is 0.140 e. The van der Waals surface area contributed by atoms with Crippen LogP contribution in [0.15, 0.2) is 109 Å². The van der Waals surface area contributed by atoms with Gasteiger partial charge in [-0.15, -0.1) is 0 Å². The lowest BCUT2D eigenvalue weighted by molar-refractivity contribution is 0.0424. The first-order valence-electron chi connectivity index (χ1n) is 9.90. The Kier molecular flexibility index (Phi) is 6.42. The average molecular weight is 445 g/mol. The summed E-state index contributed by atoms with van der Waals surface area (Å²) in [7, 11) is 0. The molecule has 0 saturated carbocycles. The Bertz CT molecular complexity index is 1100. The van der Waals surface area contributed by atoms with Gasteiger partial charge in [0.05, 0.1) is 5.69 Å². The molecule has 1 heterocycles. The maximum absolute atomic E-state index is 12.3. The number of halogens is 1. The van der Waals surface area contributed by atoms with E-state index >= 15 is 0 Å². The zero-order valence-electron chi connectivity index (χ0n) is 16.7. The third-order valence-corrected chi connectivity index (χ3v) is 5.82. The van der Waals surface area contributed by atoms with Gasteiger partial charge >= 0.3 is 0 Å². The summed E-state index contributed by atoms with van der Waals surface area (Å²) in [5.74, 6) is 0. The molecular weight excluding hydrogens is 424 g/mol. The topological polar surface area (TPSA) is 45.1 Å². The number of benzene rings is 3. The Morgan fingerprint density at radius 1 is 0.806 bits per heavy atom. The highest BCUT2D eigenvalue weighted by Gasteiger charge is 2.42. The molecule has 0 fully saturated rings. The van der Waals surface area contributed by atoms with Crippen molar-refractivity contribution in [1.82, 2.24) is 10.3 Å². The van der Waals surface area contributed by atoms with Crippen molar-refractivity contribution < 1.29 is 5.11 Å². The Balaban J connectivity index is 1.85. The lowest BCUT2D eigenvalue weighted by Gasteiger charge is -2.38. The SMILES string of the molecule is OC(c1ccccc1)(c1ccccc1)C(NC(=S)c1ccc(Cl)cc1)c1ccccn1. The molecule has 5 heteroatoms. The zero-order chi connectivity index (χ0) is 21.7. The van der Waals surface area contributed by atoms with E-state index in [4.69, 9.17) is 23.8 Å². The van der Waals surface area contributed by atoms with Crippen LogP contribution < -0.4 is 5.32 Å². The molecule has 1 unspecified atom stereocenters. The van der Waals surface area contributed by atoms with E-state index in [9.17, 15) is 5.11 Å². The molecular formula is C26H21ClN2OS. The molecule has 1 atom stereocenters. The predicted molar refractivity (Wildman–Crippen MR) is 129 cm³/mol. The molecule has 3 nitrogen and oxygen atoms in total. The van der Waals surface area contributed by atoms with Crippen LogP contribution in [0.3, 0.4) is 0 Å². The first kappa shape index (κ1) is 21.2. The fourth-order valence-electron chi connectivity index (χ4n) is 3.64. The van der Waals surface area contributed by atoms with E-state index in [1.807, 2.05) is 91.0 Å². The van der Waals surface area contributed by atoms with Gasteiger partial charge in [-0.3, -0.25) is 4.98 Å². The van der Waals surface area contributed by atoms with Crippen LogP contribution >= 0.6 is 23.8 Å². The fourth-order valence-corrected chi connectivity index (χ4v) is 4.02. The van der Waals surface area contributed by atoms with Gasteiger partial charge in [0.2, 0.25) is 0 Å².